The standard InChI is InChI=1S/C36H39N3O6S/c1-24-10-7-11-25(2)34(24)36(41)39-19-18-31(23-39)45-30-15-9-14-29(22-30)38(5)46(42,43)33-21-27(16-17-32(33)44-6)26-12-8-13-28(20-26)35(40)37(3)4/h7-17,20-22,31H,18-19,23H2,1-6H3/t31-/m0/s1. The number of ether oxygens (including phenoxy) is 2. The van der Waals surface area contributed by atoms with E-state index in [9.17, 15) is 18.0 Å². The summed E-state index contributed by atoms with van der Waals surface area (Å²) in [5.41, 5.74) is 4.85. The SMILES string of the molecule is COc1ccc(-c2cccc(C(=O)N(C)C)c2)cc1S(=O)(=O)N(C)c1cccc(O[C@H]2CCN(C(=O)c3c(C)cccc3C)C2)c1. The van der Waals surface area contributed by atoms with Crippen molar-refractivity contribution < 1.29 is 27.5 Å². The highest BCUT2D eigenvalue weighted by molar-refractivity contribution is 7.93. The first-order valence-electron chi connectivity index (χ1n) is 15.0. The van der Waals surface area contributed by atoms with Crippen LogP contribution in [0.2, 0.25) is 0 Å². The van der Waals surface area contributed by atoms with E-state index >= 15 is 0 Å². The number of carbonyl (C=O) groups is 2. The van der Waals surface area contributed by atoms with E-state index in [1.54, 1.807) is 74.8 Å². The zero-order valence-electron chi connectivity index (χ0n) is 27.0. The highest BCUT2D eigenvalue weighted by Crippen LogP contribution is 2.35. The van der Waals surface area contributed by atoms with Crippen LogP contribution in [0.5, 0.6) is 11.5 Å². The van der Waals surface area contributed by atoms with E-state index in [1.807, 2.05) is 43.0 Å². The number of benzene rings is 4. The van der Waals surface area contributed by atoms with Crippen molar-refractivity contribution in [2.75, 3.05) is 45.6 Å². The van der Waals surface area contributed by atoms with E-state index in [0.29, 0.717) is 47.6 Å². The molecule has 240 valence electrons. The average Bonchev–Trinajstić information content (AvgIpc) is 3.52. The van der Waals surface area contributed by atoms with Crippen molar-refractivity contribution in [3.63, 3.8) is 0 Å². The van der Waals surface area contributed by atoms with E-state index in [2.05, 4.69) is 0 Å². The molecular weight excluding hydrogens is 602 g/mol. The summed E-state index contributed by atoms with van der Waals surface area (Å²) < 4.78 is 41.0. The second kappa shape index (κ2) is 13.3. The van der Waals surface area contributed by atoms with Crippen molar-refractivity contribution in [2.24, 2.45) is 0 Å². The predicted molar refractivity (Wildman–Crippen MR) is 179 cm³/mol. The second-order valence-corrected chi connectivity index (χ2v) is 13.6. The van der Waals surface area contributed by atoms with Gasteiger partial charge in [0.25, 0.3) is 21.8 Å². The Morgan fingerprint density at radius 2 is 1.52 bits per heavy atom. The van der Waals surface area contributed by atoms with Crippen molar-refractivity contribution in [1.82, 2.24) is 9.80 Å². The molecule has 46 heavy (non-hydrogen) atoms. The maximum absolute atomic E-state index is 14.0. The fourth-order valence-corrected chi connectivity index (χ4v) is 7.07. The summed E-state index contributed by atoms with van der Waals surface area (Å²) in [5, 5.41) is 0. The van der Waals surface area contributed by atoms with Gasteiger partial charge in [-0.3, -0.25) is 13.9 Å². The van der Waals surface area contributed by atoms with E-state index in [1.165, 1.54) is 23.4 Å². The van der Waals surface area contributed by atoms with Crippen LogP contribution >= 0.6 is 0 Å². The molecule has 4 aromatic carbocycles. The Morgan fingerprint density at radius 1 is 0.848 bits per heavy atom. The molecule has 1 fully saturated rings. The van der Waals surface area contributed by atoms with E-state index in [-0.39, 0.29) is 28.6 Å². The first-order chi connectivity index (χ1) is 21.9. The maximum atomic E-state index is 14.0. The molecule has 0 aromatic heterocycles. The van der Waals surface area contributed by atoms with Gasteiger partial charge in [-0.15, -0.1) is 0 Å². The van der Waals surface area contributed by atoms with E-state index in [0.717, 1.165) is 16.7 Å². The summed E-state index contributed by atoms with van der Waals surface area (Å²) in [6.45, 7) is 4.90. The number of hydrogen-bond acceptors (Lipinski definition) is 6. The molecule has 4 aromatic rings. The lowest BCUT2D eigenvalue weighted by Crippen LogP contribution is -2.32. The van der Waals surface area contributed by atoms with E-state index in [4.69, 9.17) is 9.47 Å². The van der Waals surface area contributed by atoms with Gasteiger partial charge >= 0.3 is 0 Å². The number of carbonyl (C=O) groups excluding carboxylic acids is 2. The third-order valence-electron chi connectivity index (χ3n) is 8.26. The minimum atomic E-state index is -4.08. The summed E-state index contributed by atoms with van der Waals surface area (Å²) in [4.78, 5) is 29.1. The van der Waals surface area contributed by atoms with Crippen LogP contribution in [0.1, 0.15) is 38.3 Å². The van der Waals surface area contributed by atoms with Crippen molar-refractivity contribution >= 4 is 27.5 Å². The fraction of sp³-hybridized carbons (Fsp3) is 0.278. The molecule has 1 aliphatic heterocycles. The molecule has 1 saturated heterocycles. The zero-order chi connectivity index (χ0) is 33.2. The molecule has 0 bridgehead atoms. The van der Waals surface area contributed by atoms with Gasteiger partial charge in [-0.2, -0.15) is 0 Å². The molecule has 10 heteroatoms. The summed E-state index contributed by atoms with van der Waals surface area (Å²) >= 11 is 0. The van der Waals surface area contributed by atoms with Crippen molar-refractivity contribution in [3.8, 4) is 22.6 Å². The van der Waals surface area contributed by atoms with Crippen LogP contribution in [0.3, 0.4) is 0 Å². The Kier molecular flexibility index (Phi) is 9.39. The Labute approximate surface area is 271 Å². The molecule has 0 spiro atoms. The molecule has 0 radical (unpaired) electrons. The van der Waals surface area contributed by atoms with Crippen LogP contribution in [0.25, 0.3) is 11.1 Å². The molecule has 1 aliphatic rings. The molecule has 0 unspecified atom stereocenters. The lowest BCUT2D eigenvalue weighted by molar-refractivity contribution is 0.0770. The summed E-state index contributed by atoms with van der Waals surface area (Å²) in [7, 11) is 2.19. The normalized spacial score (nSPS) is 14.6. The smallest absolute Gasteiger partial charge is 0.267 e. The lowest BCUT2D eigenvalue weighted by atomic mass is 10.0. The Bertz CT molecular complexity index is 1870. The minimum absolute atomic E-state index is 0.00604. The quantitative estimate of drug-likeness (QED) is 0.229. The van der Waals surface area contributed by atoms with Gasteiger partial charge in [0.15, 0.2) is 0 Å². The molecule has 1 atom stereocenters. The van der Waals surface area contributed by atoms with Crippen LogP contribution in [0, 0.1) is 13.8 Å². The molecule has 2 amide bonds. The monoisotopic (exact) mass is 641 g/mol. The third kappa shape index (κ3) is 6.57. The number of likely N-dealkylation sites (tertiary alicyclic amines) is 1. The van der Waals surface area contributed by atoms with Gasteiger partial charge in [-0.25, -0.2) is 8.42 Å². The van der Waals surface area contributed by atoms with Crippen LogP contribution < -0.4 is 13.8 Å². The second-order valence-electron chi connectivity index (χ2n) is 11.7. The van der Waals surface area contributed by atoms with Gasteiger partial charge in [0.05, 0.1) is 19.3 Å². The first kappa shape index (κ1) is 32.6. The topological polar surface area (TPSA) is 96.5 Å². The van der Waals surface area contributed by atoms with Crippen LogP contribution in [0.15, 0.2) is 89.8 Å². The Morgan fingerprint density at radius 3 is 2.22 bits per heavy atom. The number of rotatable bonds is 9. The van der Waals surface area contributed by atoms with Gasteiger partial charge < -0.3 is 19.3 Å². The number of anilines is 1. The fourth-order valence-electron chi connectivity index (χ4n) is 5.70. The third-order valence-corrected chi connectivity index (χ3v) is 10.1. The number of hydrogen-bond donors (Lipinski definition) is 0. The average molecular weight is 642 g/mol. The Balaban J connectivity index is 1.36. The van der Waals surface area contributed by atoms with Gasteiger partial charge in [0.2, 0.25) is 0 Å². The van der Waals surface area contributed by atoms with Gasteiger partial charge in [0, 0.05) is 51.3 Å². The van der Waals surface area contributed by atoms with Gasteiger partial charge in [0.1, 0.15) is 22.5 Å². The lowest BCUT2D eigenvalue weighted by Gasteiger charge is -2.23. The highest BCUT2D eigenvalue weighted by atomic mass is 32.2. The summed E-state index contributed by atoms with van der Waals surface area (Å²) in [6, 6.07) is 24.7. The van der Waals surface area contributed by atoms with Crippen molar-refractivity contribution in [1.29, 1.82) is 0 Å². The molecular formula is C36H39N3O6S. The largest absolute Gasteiger partial charge is 0.495 e. The molecule has 0 aliphatic carbocycles. The predicted octanol–water partition coefficient (Wildman–Crippen LogP) is 5.80. The van der Waals surface area contributed by atoms with Crippen LogP contribution in [-0.2, 0) is 10.0 Å². The first-order valence-corrected chi connectivity index (χ1v) is 16.5. The summed E-state index contributed by atoms with van der Waals surface area (Å²) in [6.07, 6.45) is 0.442. The number of sulfonamides is 1. The Hall–Kier alpha value is -4.83. The maximum Gasteiger partial charge on any atom is 0.267 e. The highest BCUT2D eigenvalue weighted by Gasteiger charge is 2.30. The number of methoxy groups -OCH3 is 1. The van der Waals surface area contributed by atoms with Gasteiger partial charge in [-0.1, -0.05) is 42.5 Å². The van der Waals surface area contributed by atoms with Gasteiger partial charge in [-0.05, 0) is 72.5 Å². The molecule has 0 N–H and O–H groups in total. The molecule has 0 saturated carbocycles. The van der Waals surface area contributed by atoms with Crippen molar-refractivity contribution in [3.05, 3.63) is 107 Å². The zero-order valence-corrected chi connectivity index (χ0v) is 27.8. The molecule has 5 rings (SSSR count). The summed E-state index contributed by atoms with van der Waals surface area (Å²) in [5.74, 6) is 0.550. The van der Waals surface area contributed by atoms with Crippen LogP contribution in [-0.4, -0.2) is 77.5 Å². The molecule has 9 nitrogen and oxygen atoms in total. The van der Waals surface area contributed by atoms with Crippen molar-refractivity contribution in [2.45, 2.75) is 31.3 Å². The van der Waals surface area contributed by atoms with E-state index < -0.39 is 10.0 Å². The van der Waals surface area contributed by atoms with Crippen LogP contribution in [0.4, 0.5) is 5.69 Å². The number of amides is 2. The number of aryl methyl sites for hydroxylation is 2. The molecule has 1 heterocycles. The number of nitrogens with zero attached hydrogens (tertiary/aromatic N) is 3. The minimum Gasteiger partial charge on any atom is -0.495 e.